The van der Waals surface area contributed by atoms with Crippen LogP contribution >= 0.6 is 11.8 Å². The fourth-order valence-corrected chi connectivity index (χ4v) is 3.03. The molecule has 0 spiro atoms. The van der Waals surface area contributed by atoms with Crippen LogP contribution < -0.4 is 10.6 Å². The summed E-state index contributed by atoms with van der Waals surface area (Å²) in [5.41, 5.74) is 1.02. The third-order valence-corrected chi connectivity index (χ3v) is 4.50. The van der Waals surface area contributed by atoms with Crippen LogP contribution in [0.25, 0.3) is 0 Å². The molecule has 6 heteroatoms. The molecule has 0 bridgehead atoms. The van der Waals surface area contributed by atoms with Crippen molar-refractivity contribution < 1.29 is 4.79 Å². The van der Waals surface area contributed by atoms with Crippen molar-refractivity contribution in [1.82, 2.24) is 20.4 Å². The molecular formula is C12H20N4OS. The highest BCUT2D eigenvalue weighted by Crippen LogP contribution is 2.19. The Morgan fingerprint density at radius 3 is 3.06 bits per heavy atom. The molecule has 1 aliphatic rings. The standard InChI is InChI=1S/C12H20N4OS/c1-16-10(2-7-15-16)8-14-12(17)9-18-11-3-5-13-6-4-11/h2,7,11,13H,3-6,8-9H2,1H3,(H,14,17). The minimum atomic E-state index is 0.111. The lowest BCUT2D eigenvalue weighted by atomic mass is 10.2. The van der Waals surface area contributed by atoms with Crippen LogP contribution in [-0.2, 0) is 18.4 Å². The molecule has 2 rings (SSSR count). The molecule has 1 amide bonds. The van der Waals surface area contributed by atoms with Crippen molar-refractivity contribution in [2.24, 2.45) is 7.05 Å². The minimum absolute atomic E-state index is 0.111. The van der Waals surface area contributed by atoms with E-state index in [1.807, 2.05) is 13.1 Å². The zero-order chi connectivity index (χ0) is 12.8. The Morgan fingerprint density at radius 1 is 1.61 bits per heavy atom. The normalized spacial score (nSPS) is 16.7. The van der Waals surface area contributed by atoms with Crippen molar-refractivity contribution in [3.63, 3.8) is 0 Å². The third-order valence-electron chi connectivity index (χ3n) is 3.13. The van der Waals surface area contributed by atoms with Gasteiger partial charge in [0.15, 0.2) is 0 Å². The maximum absolute atomic E-state index is 11.7. The van der Waals surface area contributed by atoms with Crippen LogP contribution in [0.2, 0.25) is 0 Å². The molecule has 0 unspecified atom stereocenters. The summed E-state index contributed by atoms with van der Waals surface area (Å²) in [5.74, 6) is 0.669. The Bertz CT molecular complexity index is 387. The molecule has 0 saturated carbocycles. The molecular weight excluding hydrogens is 248 g/mol. The van der Waals surface area contributed by atoms with Gasteiger partial charge in [0.1, 0.15) is 0 Å². The lowest BCUT2D eigenvalue weighted by Gasteiger charge is -2.21. The van der Waals surface area contributed by atoms with Crippen molar-refractivity contribution in [3.05, 3.63) is 18.0 Å². The SMILES string of the molecule is Cn1nccc1CNC(=O)CSC1CCNCC1. The number of hydrogen-bond acceptors (Lipinski definition) is 4. The smallest absolute Gasteiger partial charge is 0.230 e. The van der Waals surface area contributed by atoms with Crippen molar-refractivity contribution in [2.45, 2.75) is 24.6 Å². The number of amides is 1. The summed E-state index contributed by atoms with van der Waals surface area (Å²) in [6, 6.07) is 1.92. The second-order valence-corrected chi connectivity index (χ2v) is 5.77. The average molecular weight is 268 g/mol. The highest BCUT2D eigenvalue weighted by molar-refractivity contribution is 8.00. The third kappa shape index (κ3) is 4.03. The first kappa shape index (κ1) is 13.4. The zero-order valence-electron chi connectivity index (χ0n) is 10.7. The lowest BCUT2D eigenvalue weighted by Crippen LogP contribution is -2.31. The molecule has 1 fully saturated rings. The second kappa shape index (κ2) is 6.80. The molecule has 0 atom stereocenters. The second-order valence-electron chi connectivity index (χ2n) is 4.48. The van der Waals surface area contributed by atoms with Gasteiger partial charge in [-0.15, -0.1) is 11.8 Å². The predicted octanol–water partition coefficient (Wildman–Crippen LogP) is 0.521. The van der Waals surface area contributed by atoms with Gasteiger partial charge in [0, 0.05) is 18.5 Å². The number of rotatable bonds is 5. The van der Waals surface area contributed by atoms with E-state index in [2.05, 4.69) is 15.7 Å². The Kier molecular flexibility index (Phi) is 5.07. The molecule has 5 nitrogen and oxygen atoms in total. The van der Waals surface area contributed by atoms with Gasteiger partial charge >= 0.3 is 0 Å². The fraction of sp³-hybridized carbons (Fsp3) is 0.667. The first-order valence-electron chi connectivity index (χ1n) is 6.31. The first-order chi connectivity index (χ1) is 8.75. The van der Waals surface area contributed by atoms with Crippen molar-refractivity contribution in [3.8, 4) is 0 Å². The van der Waals surface area contributed by atoms with E-state index < -0.39 is 0 Å². The van der Waals surface area contributed by atoms with Crippen LogP contribution in [0.3, 0.4) is 0 Å². The van der Waals surface area contributed by atoms with E-state index in [1.165, 1.54) is 12.8 Å². The predicted molar refractivity (Wildman–Crippen MR) is 73.4 cm³/mol. The summed E-state index contributed by atoms with van der Waals surface area (Å²) >= 11 is 1.77. The molecule has 18 heavy (non-hydrogen) atoms. The summed E-state index contributed by atoms with van der Waals surface area (Å²) in [7, 11) is 1.88. The van der Waals surface area contributed by atoms with Gasteiger partial charge in [0.2, 0.25) is 5.91 Å². The number of thioether (sulfide) groups is 1. The highest BCUT2D eigenvalue weighted by atomic mass is 32.2. The maximum Gasteiger partial charge on any atom is 0.230 e. The Hall–Kier alpha value is -1.01. The Morgan fingerprint density at radius 2 is 2.39 bits per heavy atom. The molecule has 1 aromatic heterocycles. The quantitative estimate of drug-likeness (QED) is 0.817. The Balaban J connectivity index is 1.64. The van der Waals surface area contributed by atoms with Crippen LogP contribution in [0.15, 0.2) is 12.3 Å². The molecule has 1 aliphatic heterocycles. The van der Waals surface area contributed by atoms with Crippen molar-refractivity contribution in [1.29, 1.82) is 0 Å². The topological polar surface area (TPSA) is 59.0 Å². The van der Waals surface area contributed by atoms with Gasteiger partial charge in [-0.25, -0.2) is 0 Å². The molecule has 2 heterocycles. The number of aryl methyl sites for hydroxylation is 1. The van der Waals surface area contributed by atoms with Crippen LogP contribution in [0.1, 0.15) is 18.5 Å². The van der Waals surface area contributed by atoms with Crippen molar-refractivity contribution in [2.75, 3.05) is 18.8 Å². The van der Waals surface area contributed by atoms with Gasteiger partial charge in [-0.05, 0) is 32.0 Å². The number of piperidine rings is 1. The van der Waals surface area contributed by atoms with Crippen LogP contribution in [-0.4, -0.2) is 39.8 Å². The largest absolute Gasteiger partial charge is 0.350 e. The fourth-order valence-electron chi connectivity index (χ4n) is 1.97. The van der Waals surface area contributed by atoms with E-state index in [-0.39, 0.29) is 5.91 Å². The number of carbonyl (C=O) groups excluding carboxylic acids is 1. The Labute approximate surface area is 112 Å². The maximum atomic E-state index is 11.7. The summed E-state index contributed by atoms with van der Waals surface area (Å²) < 4.78 is 1.78. The number of carbonyl (C=O) groups is 1. The summed E-state index contributed by atoms with van der Waals surface area (Å²) in [6.45, 7) is 2.71. The molecule has 0 aliphatic carbocycles. The van der Waals surface area contributed by atoms with Crippen LogP contribution in [0, 0.1) is 0 Å². The van der Waals surface area contributed by atoms with E-state index >= 15 is 0 Å². The molecule has 100 valence electrons. The lowest BCUT2D eigenvalue weighted by molar-refractivity contribution is -0.118. The molecule has 0 aromatic carbocycles. The van der Waals surface area contributed by atoms with Gasteiger partial charge < -0.3 is 10.6 Å². The van der Waals surface area contributed by atoms with E-state index in [0.717, 1.165) is 18.8 Å². The van der Waals surface area contributed by atoms with E-state index in [4.69, 9.17) is 0 Å². The molecule has 1 saturated heterocycles. The van der Waals surface area contributed by atoms with E-state index in [9.17, 15) is 4.79 Å². The van der Waals surface area contributed by atoms with Crippen LogP contribution in [0.4, 0.5) is 0 Å². The van der Waals surface area contributed by atoms with E-state index in [1.54, 1.807) is 22.6 Å². The molecule has 2 N–H and O–H groups in total. The first-order valence-corrected chi connectivity index (χ1v) is 7.36. The number of nitrogens with one attached hydrogen (secondary N) is 2. The summed E-state index contributed by atoms with van der Waals surface area (Å²) in [4.78, 5) is 11.7. The number of nitrogens with zero attached hydrogens (tertiary/aromatic N) is 2. The summed E-state index contributed by atoms with van der Waals surface area (Å²) in [5, 5.41) is 11.0. The average Bonchev–Trinajstić information content (AvgIpc) is 2.81. The van der Waals surface area contributed by atoms with Crippen molar-refractivity contribution >= 4 is 17.7 Å². The number of hydrogen-bond donors (Lipinski definition) is 2. The van der Waals surface area contributed by atoms with Gasteiger partial charge in [-0.1, -0.05) is 0 Å². The number of aromatic nitrogens is 2. The van der Waals surface area contributed by atoms with E-state index in [0.29, 0.717) is 17.5 Å². The minimum Gasteiger partial charge on any atom is -0.350 e. The zero-order valence-corrected chi connectivity index (χ0v) is 11.5. The van der Waals surface area contributed by atoms with Crippen LogP contribution in [0.5, 0.6) is 0 Å². The van der Waals surface area contributed by atoms with Gasteiger partial charge in [0.25, 0.3) is 0 Å². The monoisotopic (exact) mass is 268 g/mol. The summed E-state index contributed by atoms with van der Waals surface area (Å²) in [6.07, 6.45) is 4.07. The van der Waals surface area contributed by atoms with Gasteiger partial charge in [0.05, 0.1) is 18.0 Å². The molecule has 1 aromatic rings. The highest BCUT2D eigenvalue weighted by Gasteiger charge is 2.14. The van der Waals surface area contributed by atoms with Gasteiger partial charge in [-0.2, -0.15) is 5.10 Å². The van der Waals surface area contributed by atoms with Gasteiger partial charge in [-0.3, -0.25) is 9.48 Å². The molecule has 0 radical (unpaired) electrons.